The van der Waals surface area contributed by atoms with Crippen LogP contribution in [0.3, 0.4) is 0 Å². The minimum absolute atomic E-state index is 0.0642. The SMILES string of the molecule is Cc1ccc(F)cc1C(=O)N1CCC2(CCC(=O)N(Cc3ccncc3)C2)CC1. The highest BCUT2D eigenvalue weighted by molar-refractivity contribution is 5.95. The van der Waals surface area contributed by atoms with Gasteiger partial charge in [-0.2, -0.15) is 0 Å². The van der Waals surface area contributed by atoms with E-state index in [1.807, 2.05) is 28.9 Å². The summed E-state index contributed by atoms with van der Waals surface area (Å²) < 4.78 is 13.6. The fraction of sp³-hybridized carbons (Fsp3) is 0.435. The summed E-state index contributed by atoms with van der Waals surface area (Å²) in [4.78, 5) is 33.2. The first-order chi connectivity index (χ1) is 14.0. The first-order valence-corrected chi connectivity index (χ1v) is 10.2. The van der Waals surface area contributed by atoms with Gasteiger partial charge in [-0.15, -0.1) is 0 Å². The van der Waals surface area contributed by atoms with Crippen LogP contribution < -0.4 is 0 Å². The zero-order valence-electron chi connectivity index (χ0n) is 16.7. The molecule has 2 amide bonds. The van der Waals surface area contributed by atoms with E-state index in [0.29, 0.717) is 31.6 Å². The predicted molar refractivity (Wildman–Crippen MR) is 108 cm³/mol. The van der Waals surface area contributed by atoms with Crippen molar-refractivity contribution in [1.29, 1.82) is 0 Å². The van der Waals surface area contributed by atoms with Crippen LogP contribution in [0.25, 0.3) is 0 Å². The van der Waals surface area contributed by atoms with E-state index in [2.05, 4.69) is 4.98 Å². The zero-order chi connectivity index (χ0) is 20.4. The van der Waals surface area contributed by atoms with Crippen LogP contribution in [0.5, 0.6) is 0 Å². The molecule has 1 aromatic heterocycles. The van der Waals surface area contributed by atoms with Gasteiger partial charge in [-0.05, 0) is 67.0 Å². The molecule has 0 saturated carbocycles. The quantitative estimate of drug-likeness (QED) is 0.798. The molecule has 0 bridgehead atoms. The third-order valence-electron chi connectivity index (χ3n) is 6.41. The minimum atomic E-state index is -0.384. The topological polar surface area (TPSA) is 53.5 Å². The molecule has 0 radical (unpaired) electrons. The molecule has 5 nitrogen and oxygen atoms in total. The Kier molecular flexibility index (Phi) is 5.35. The number of hydrogen-bond acceptors (Lipinski definition) is 3. The average molecular weight is 395 g/mol. The molecule has 3 heterocycles. The highest BCUT2D eigenvalue weighted by atomic mass is 19.1. The molecule has 29 heavy (non-hydrogen) atoms. The summed E-state index contributed by atoms with van der Waals surface area (Å²) in [5, 5.41) is 0. The van der Waals surface area contributed by atoms with Crippen LogP contribution >= 0.6 is 0 Å². The van der Waals surface area contributed by atoms with Crippen LogP contribution in [0.1, 0.15) is 47.2 Å². The fourth-order valence-electron chi connectivity index (χ4n) is 4.54. The summed E-state index contributed by atoms with van der Waals surface area (Å²) in [6.07, 6.45) is 6.66. The highest BCUT2D eigenvalue weighted by Gasteiger charge is 2.41. The monoisotopic (exact) mass is 395 g/mol. The van der Waals surface area contributed by atoms with Gasteiger partial charge in [0.15, 0.2) is 0 Å². The van der Waals surface area contributed by atoms with Crippen LogP contribution in [0.2, 0.25) is 0 Å². The number of rotatable bonds is 3. The van der Waals surface area contributed by atoms with Gasteiger partial charge in [0.25, 0.3) is 5.91 Å². The number of nitrogens with zero attached hydrogens (tertiary/aromatic N) is 3. The molecular formula is C23H26FN3O2. The second-order valence-corrected chi connectivity index (χ2v) is 8.36. The zero-order valence-corrected chi connectivity index (χ0v) is 16.7. The van der Waals surface area contributed by atoms with E-state index in [9.17, 15) is 14.0 Å². The van der Waals surface area contributed by atoms with Crippen molar-refractivity contribution in [2.24, 2.45) is 5.41 Å². The van der Waals surface area contributed by atoms with Crippen LogP contribution in [0.15, 0.2) is 42.7 Å². The second-order valence-electron chi connectivity index (χ2n) is 8.36. The van der Waals surface area contributed by atoms with Crippen LogP contribution in [-0.2, 0) is 11.3 Å². The van der Waals surface area contributed by atoms with E-state index >= 15 is 0 Å². The van der Waals surface area contributed by atoms with E-state index < -0.39 is 0 Å². The predicted octanol–water partition coefficient (Wildman–Crippen LogP) is 3.57. The molecule has 2 aliphatic heterocycles. The summed E-state index contributed by atoms with van der Waals surface area (Å²) >= 11 is 0. The number of carbonyl (C=O) groups excluding carboxylic acids is 2. The number of aryl methyl sites for hydroxylation is 1. The maximum absolute atomic E-state index is 13.6. The van der Waals surface area contributed by atoms with E-state index in [4.69, 9.17) is 0 Å². The Balaban J connectivity index is 1.42. The molecule has 0 aliphatic carbocycles. The van der Waals surface area contributed by atoms with Gasteiger partial charge in [0.05, 0.1) is 0 Å². The number of aromatic nitrogens is 1. The van der Waals surface area contributed by atoms with Crippen molar-refractivity contribution in [2.45, 2.75) is 39.2 Å². The molecule has 152 valence electrons. The molecule has 0 N–H and O–H groups in total. The van der Waals surface area contributed by atoms with Gasteiger partial charge < -0.3 is 9.80 Å². The van der Waals surface area contributed by atoms with Crippen LogP contribution in [0.4, 0.5) is 4.39 Å². The lowest BCUT2D eigenvalue weighted by molar-refractivity contribution is -0.139. The molecule has 2 saturated heterocycles. The van der Waals surface area contributed by atoms with Gasteiger partial charge in [-0.1, -0.05) is 6.07 Å². The first-order valence-electron chi connectivity index (χ1n) is 10.2. The van der Waals surface area contributed by atoms with E-state index in [0.717, 1.165) is 36.9 Å². The molecule has 2 fully saturated rings. The van der Waals surface area contributed by atoms with Gasteiger partial charge in [0.1, 0.15) is 5.82 Å². The summed E-state index contributed by atoms with van der Waals surface area (Å²) in [5.41, 5.74) is 2.39. The number of pyridine rings is 1. The van der Waals surface area contributed by atoms with Crippen molar-refractivity contribution in [2.75, 3.05) is 19.6 Å². The third-order valence-corrected chi connectivity index (χ3v) is 6.41. The van der Waals surface area contributed by atoms with E-state index in [1.54, 1.807) is 18.5 Å². The Morgan fingerprint density at radius 2 is 1.86 bits per heavy atom. The van der Waals surface area contributed by atoms with Gasteiger partial charge >= 0.3 is 0 Å². The maximum atomic E-state index is 13.6. The number of piperidine rings is 2. The molecule has 6 heteroatoms. The Labute approximate surface area is 170 Å². The van der Waals surface area contributed by atoms with Crippen LogP contribution in [0, 0.1) is 18.2 Å². The minimum Gasteiger partial charge on any atom is -0.339 e. The third kappa shape index (κ3) is 4.16. The van der Waals surface area contributed by atoms with Crippen molar-refractivity contribution < 1.29 is 14.0 Å². The van der Waals surface area contributed by atoms with Crippen LogP contribution in [-0.4, -0.2) is 46.2 Å². The lowest BCUT2D eigenvalue weighted by atomic mass is 9.72. The van der Waals surface area contributed by atoms with Crippen molar-refractivity contribution in [3.8, 4) is 0 Å². The van der Waals surface area contributed by atoms with Crippen molar-refractivity contribution in [1.82, 2.24) is 14.8 Å². The molecule has 0 atom stereocenters. The van der Waals surface area contributed by atoms with Crippen molar-refractivity contribution in [3.63, 3.8) is 0 Å². The van der Waals surface area contributed by atoms with E-state index in [1.165, 1.54) is 12.1 Å². The summed E-state index contributed by atoms with van der Waals surface area (Å²) in [6.45, 7) is 4.46. The number of halogens is 1. The summed E-state index contributed by atoms with van der Waals surface area (Å²) in [6, 6.07) is 8.25. The smallest absolute Gasteiger partial charge is 0.254 e. The lowest BCUT2D eigenvalue weighted by Gasteiger charge is -2.47. The normalized spacial score (nSPS) is 18.9. The van der Waals surface area contributed by atoms with Gasteiger partial charge in [0.2, 0.25) is 5.91 Å². The Morgan fingerprint density at radius 1 is 1.14 bits per heavy atom. The summed E-state index contributed by atoms with van der Waals surface area (Å²) in [5.74, 6) is -0.288. The van der Waals surface area contributed by atoms with Gasteiger partial charge in [-0.25, -0.2) is 4.39 Å². The molecule has 0 unspecified atom stereocenters. The largest absolute Gasteiger partial charge is 0.339 e. The summed E-state index contributed by atoms with van der Waals surface area (Å²) in [7, 11) is 0. The van der Waals surface area contributed by atoms with Gasteiger partial charge in [-0.3, -0.25) is 14.6 Å². The standard InChI is InChI=1S/C23H26FN3O2/c1-17-2-3-19(24)14-20(17)22(29)26-12-8-23(9-13-26)7-4-21(28)27(16-23)15-18-5-10-25-11-6-18/h2-3,5-6,10-11,14H,4,7-9,12-13,15-16H2,1H3. The highest BCUT2D eigenvalue weighted by Crippen LogP contribution is 2.41. The maximum Gasteiger partial charge on any atom is 0.254 e. The number of carbonyl (C=O) groups is 2. The Morgan fingerprint density at radius 3 is 2.59 bits per heavy atom. The average Bonchev–Trinajstić information content (AvgIpc) is 2.73. The van der Waals surface area contributed by atoms with Gasteiger partial charge in [0, 0.05) is 50.6 Å². The lowest BCUT2D eigenvalue weighted by Crippen LogP contribution is -2.52. The van der Waals surface area contributed by atoms with Crippen molar-refractivity contribution in [3.05, 3.63) is 65.2 Å². The first kappa shape index (κ1) is 19.6. The molecular weight excluding hydrogens is 369 g/mol. The second kappa shape index (κ2) is 7.93. The number of hydrogen-bond donors (Lipinski definition) is 0. The van der Waals surface area contributed by atoms with Crippen molar-refractivity contribution >= 4 is 11.8 Å². The van der Waals surface area contributed by atoms with E-state index in [-0.39, 0.29) is 23.0 Å². The molecule has 2 aliphatic rings. The Hall–Kier alpha value is -2.76. The molecule has 4 rings (SSSR count). The Bertz CT molecular complexity index is 908. The molecule has 1 aromatic carbocycles. The molecule has 1 spiro atoms. The number of benzene rings is 1. The number of likely N-dealkylation sites (tertiary alicyclic amines) is 2. The number of amides is 2. The molecule has 2 aromatic rings. The fourth-order valence-corrected chi connectivity index (χ4v) is 4.54.